The van der Waals surface area contributed by atoms with Gasteiger partial charge in [0.05, 0.1) is 0 Å². The lowest BCUT2D eigenvalue weighted by Gasteiger charge is -2.14. The van der Waals surface area contributed by atoms with Crippen molar-refractivity contribution in [2.45, 2.75) is 52.6 Å². The fourth-order valence-corrected chi connectivity index (χ4v) is 1.76. The third-order valence-corrected chi connectivity index (χ3v) is 2.69. The molecule has 3 N–H and O–H groups in total. The minimum atomic E-state index is -0.0584. The lowest BCUT2D eigenvalue weighted by molar-refractivity contribution is -0.122. The molecule has 1 atom stereocenters. The predicted molar refractivity (Wildman–Crippen MR) is 70.7 cm³/mol. The van der Waals surface area contributed by atoms with Crippen LogP contribution in [0.5, 0.6) is 0 Å². The van der Waals surface area contributed by atoms with E-state index in [1.54, 1.807) is 0 Å². The second kappa shape index (κ2) is 6.98. The zero-order chi connectivity index (χ0) is 13.5. The van der Waals surface area contributed by atoms with Crippen molar-refractivity contribution in [3.63, 3.8) is 0 Å². The Balaban J connectivity index is 2.23. The van der Waals surface area contributed by atoms with Gasteiger partial charge < -0.3 is 11.1 Å². The first-order valence-corrected chi connectivity index (χ1v) is 6.41. The first-order valence-electron chi connectivity index (χ1n) is 6.41. The van der Waals surface area contributed by atoms with E-state index in [0.717, 1.165) is 12.8 Å². The molecular weight excluding hydrogens is 230 g/mol. The summed E-state index contributed by atoms with van der Waals surface area (Å²) in [5.74, 6) is 0.843. The van der Waals surface area contributed by atoms with Crippen molar-refractivity contribution in [1.29, 1.82) is 0 Å². The van der Waals surface area contributed by atoms with E-state index in [4.69, 9.17) is 5.73 Å². The number of nitrogens with two attached hydrogens (primary N) is 1. The van der Waals surface area contributed by atoms with E-state index in [0.29, 0.717) is 5.92 Å². The lowest BCUT2D eigenvalue weighted by Crippen LogP contribution is -2.35. The Morgan fingerprint density at radius 1 is 1.44 bits per heavy atom. The molecule has 18 heavy (non-hydrogen) atoms. The third kappa shape index (κ3) is 5.65. The highest BCUT2D eigenvalue weighted by Crippen LogP contribution is 2.08. The molecule has 0 fully saturated rings. The molecule has 1 aromatic rings. The number of rotatable bonds is 7. The van der Waals surface area contributed by atoms with Crippen molar-refractivity contribution >= 4 is 11.9 Å². The van der Waals surface area contributed by atoms with E-state index < -0.39 is 0 Å². The minimum Gasteiger partial charge on any atom is -0.367 e. The summed E-state index contributed by atoms with van der Waals surface area (Å²) in [7, 11) is 0. The van der Waals surface area contributed by atoms with Crippen molar-refractivity contribution in [1.82, 2.24) is 20.1 Å². The highest BCUT2D eigenvalue weighted by molar-refractivity contribution is 5.75. The maximum Gasteiger partial charge on any atom is 0.242 e. The van der Waals surface area contributed by atoms with Crippen molar-refractivity contribution in [3.8, 4) is 0 Å². The zero-order valence-electron chi connectivity index (χ0n) is 11.4. The number of hydrogen-bond acceptors (Lipinski definition) is 4. The number of nitrogen functional groups attached to an aromatic ring is 1. The Morgan fingerprint density at radius 3 is 2.72 bits per heavy atom. The largest absolute Gasteiger partial charge is 0.367 e. The average Bonchev–Trinajstić information content (AvgIpc) is 2.62. The van der Waals surface area contributed by atoms with Gasteiger partial charge in [0, 0.05) is 6.04 Å². The number of carbonyl (C=O) groups is 1. The maximum absolute atomic E-state index is 11.7. The van der Waals surface area contributed by atoms with Gasteiger partial charge in [0.15, 0.2) is 0 Å². The molecule has 0 aliphatic heterocycles. The summed E-state index contributed by atoms with van der Waals surface area (Å²) in [5.41, 5.74) is 5.37. The van der Waals surface area contributed by atoms with Gasteiger partial charge in [0.1, 0.15) is 12.9 Å². The van der Waals surface area contributed by atoms with Crippen molar-refractivity contribution < 1.29 is 4.79 Å². The Bertz CT molecular complexity index is 374. The summed E-state index contributed by atoms with van der Waals surface area (Å²) in [6, 6.07) is 0.192. The molecule has 0 aliphatic carbocycles. The molecule has 0 radical (unpaired) electrons. The van der Waals surface area contributed by atoms with Crippen LogP contribution in [-0.4, -0.2) is 26.7 Å². The molecule has 0 aromatic carbocycles. The van der Waals surface area contributed by atoms with Crippen LogP contribution in [0.2, 0.25) is 0 Å². The van der Waals surface area contributed by atoms with Crippen LogP contribution in [0, 0.1) is 5.92 Å². The van der Waals surface area contributed by atoms with E-state index in [1.165, 1.54) is 17.4 Å². The van der Waals surface area contributed by atoms with E-state index in [9.17, 15) is 4.79 Å². The normalized spacial score (nSPS) is 12.7. The highest BCUT2D eigenvalue weighted by Gasteiger charge is 2.09. The van der Waals surface area contributed by atoms with Gasteiger partial charge in [-0.15, -0.1) is 5.10 Å². The molecule has 1 heterocycles. The maximum atomic E-state index is 11.7. The van der Waals surface area contributed by atoms with Crippen molar-refractivity contribution in [3.05, 3.63) is 6.33 Å². The van der Waals surface area contributed by atoms with Gasteiger partial charge >= 0.3 is 0 Å². The number of hydrogen-bond donors (Lipinski definition) is 2. The van der Waals surface area contributed by atoms with E-state index in [1.807, 2.05) is 6.92 Å². The minimum absolute atomic E-state index is 0.0584. The molecule has 1 amide bonds. The number of nitrogens with zero attached hydrogens (tertiary/aromatic N) is 3. The van der Waals surface area contributed by atoms with Crippen LogP contribution in [0.15, 0.2) is 6.33 Å². The molecule has 102 valence electrons. The Labute approximate surface area is 108 Å². The predicted octanol–water partition coefficient (Wildman–Crippen LogP) is 1.19. The molecule has 0 aliphatic rings. The standard InChI is InChI=1S/C12H23N5O/c1-9(2)5-4-6-10(3)15-11(18)7-17-8-14-12(13)16-17/h8-10H,4-7H2,1-3H3,(H2,13,16)(H,15,18). The van der Waals surface area contributed by atoms with Crippen molar-refractivity contribution in [2.24, 2.45) is 5.92 Å². The van der Waals surface area contributed by atoms with E-state index >= 15 is 0 Å². The lowest BCUT2D eigenvalue weighted by atomic mass is 10.0. The van der Waals surface area contributed by atoms with Crippen LogP contribution < -0.4 is 11.1 Å². The molecule has 1 unspecified atom stereocenters. The highest BCUT2D eigenvalue weighted by atomic mass is 16.2. The van der Waals surface area contributed by atoms with Gasteiger partial charge in [0.25, 0.3) is 0 Å². The first kappa shape index (κ1) is 14.5. The van der Waals surface area contributed by atoms with Crippen LogP contribution in [-0.2, 0) is 11.3 Å². The Morgan fingerprint density at radius 2 is 2.17 bits per heavy atom. The molecule has 1 aromatic heterocycles. The number of carbonyl (C=O) groups excluding carboxylic acids is 1. The SMILES string of the molecule is CC(C)CCCC(C)NC(=O)Cn1cnc(N)n1. The number of amides is 1. The quantitative estimate of drug-likeness (QED) is 0.764. The van der Waals surface area contributed by atoms with Gasteiger partial charge in [-0.3, -0.25) is 4.79 Å². The summed E-state index contributed by atoms with van der Waals surface area (Å²) in [6.07, 6.45) is 4.79. The van der Waals surface area contributed by atoms with Crippen molar-refractivity contribution in [2.75, 3.05) is 5.73 Å². The molecule has 0 saturated heterocycles. The Kier molecular flexibility index (Phi) is 5.61. The number of aromatic nitrogens is 3. The van der Waals surface area contributed by atoms with Gasteiger partial charge in [-0.1, -0.05) is 26.7 Å². The molecule has 6 nitrogen and oxygen atoms in total. The smallest absolute Gasteiger partial charge is 0.242 e. The summed E-state index contributed by atoms with van der Waals surface area (Å²) in [4.78, 5) is 15.5. The molecular formula is C12H23N5O. The summed E-state index contributed by atoms with van der Waals surface area (Å²) in [5, 5.41) is 6.81. The summed E-state index contributed by atoms with van der Waals surface area (Å²) >= 11 is 0. The monoisotopic (exact) mass is 253 g/mol. The van der Waals surface area contributed by atoms with Gasteiger partial charge in [-0.25, -0.2) is 9.67 Å². The van der Waals surface area contributed by atoms with Crippen LogP contribution in [0.25, 0.3) is 0 Å². The third-order valence-electron chi connectivity index (χ3n) is 2.69. The summed E-state index contributed by atoms with van der Waals surface area (Å²) in [6.45, 7) is 6.60. The fraction of sp³-hybridized carbons (Fsp3) is 0.750. The van der Waals surface area contributed by atoms with E-state index in [-0.39, 0.29) is 24.4 Å². The second-order valence-electron chi connectivity index (χ2n) is 5.09. The second-order valence-corrected chi connectivity index (χ2v) is 5.09. The zero-order valence-corrected chi connectivity index (χ0v) is 11.4. The average molecular weight is 253 g/mol. The van der Waals surface area contributed by atoms with Gasteiger partial charge in [-0.2, -0.15) is 0 Å². The van der Waals surface area contributed by atoms with Crippen LogP contribution in [0.1, 0.15) is 40.0 Å². The molecule has 6 heteroatoms. The van der Waals surface area contributed by atoms with Crippen LogP contribution >= 0.6 is 0 Å². The Hall–Kier alpha value is -1.59. The van der Waals surface area contributed by atoms with Gasteiger partial charge in [0.2, 0.25) is 11.9 Å². The van der Waals surface area contributed by atoms with Crippen LogP contribution in [0.3, 0.4) is 0 Å². The fourth-order valence-electron chi connectivity index (χ4n) is 1.76. The summed E-state index contributed by atoms with van der Waals surface area (Å²) < 4.78 is 1.44. The number of anilines is 1. The topological polar surface area (TPSA) is 85.8 Å². The molecule has 0 bridgehead atoms. The van der Waals surface area contributed by atoms with Crippen LogP contribution in [0.4, 0.5) is 5.95 Å². The molecule has 0 spiro atoms. The van der Waals surface area contributed by atoms with E-state index in [2.05, 4.69) is 29.2 Å². The molecule has 1 rings (SSSR count). The molecule has 0 saturated carbocycles. The first-order chi connectivity index (χ1) is 8.47. The van der Waals surface area contributed by atoms with Gasteiger partial charge in [-0.05, 0) is 19.3 Å². The number of nitrogens with one attached hydrogen (secondary N) is 1.